The Hall–Kier alpha value is -1.31. The van der Waals surface area contributed by atoms with Crippen LogP contribution in [0, 0.1) is 40.4 Å². The van der Waals surface area contributed by atoms with E-state index in [4.69, 9.17) is 4.74 Å². The highest BCUT2D eigenvalue weighted by Crippen LogP contribution is 2.64. The minimum absolute atomic E-state index is 0.115. The van der Waals surface area contributed by atoms with Crippen molar-refractivity contribution in [1.82, 2.24) is 0 Å². The number of carbonyl (C=O) groups excluding carboxylic acids is 1. The Labute approximate surface area is 197 Å². The molecule has 178 valence electrons. The highest BCUT2D eigenvalue weighted by Gasteiger charge is 2.53. The molecule has 4 rings (SSSR count). The first-order valence-electron chi connectivity index (χ1n) is 13.3. The Morgan fingerprint density at radius 3 is 2.50 bits per heavy atom. The van der Waals surface area contributed by atoms with Crippen LogP contribution in [-0.2, 0) is 9.53 Å². The van der Waals surface area contributed by atoms with Crippen LogP contribution in [0.15, 0.2) is 34.9 Å². The van der Waals surface area contributed by atoms with E-state index in [9.17, 15) is 4.79 Å². The molecule has 4 aliphatic carbocycles. The number of carbonyl (C=O) groups is 1. The van der Waals surface area contributed by atoms with Crippen LogP contribution < -0.4 is 0 Å². The van der Waals surface area contributed by atoms with Crippen molar-refractivity contribution in [3.63, 3.8) is 0 Å². The number of esters is 1. The second kappa shape index (κ2) is 8.80. The zero-order valence-electron chi connectivity index (χ0n) is 21.7. The van der Waals surface area contributed by atoms with Crippen molar-refractivity contribution in [3.8, 4) is 0 Å². The highest BCUT2D eigenvalue weighted by molar-refractivity contribution is 5.66. The predicted octanol–water partition coefficient (Wildman–Crippen LogP) is 8.05. The molecule has 0 spiro atoms. The molecule has 32 heavy (non-hydrogen) atoms. The molecule has 0 N–H and O–H groups in total. The van der Waals surface area contributed by atoms with Crippen LogP contribution in [0.2, 0.25) is 0 Å². The molecule has 2 heteroatoms. The van der Waals surface area contributed by atoms with E-state index in [2.05, 4.69) is 59.8 Å². The van der Waals surface area contributed by atoms with Crippen LogP contribution >= 0.6 is 0 Å². The Morgan fingerprint density at radius 2 is 1.81 bits per heavy atom. The van der Waals surface area contributed by atoms with E-state index in [0.29, 0.717) is 34.5 Å². The monoisotopic (exact) mass is 438 g/mol. The Bertz CT molecular complexity index is 830. The highest BCUT2D eigenvalue weighted by atomic mass is 16.5. The molecule has 0 saturated heterocycles. The van der Waals surface area contributed by atoms with Gasteiger partial charge in [-0.2, -0.15) is 0 Å². The SMILES string of the molecule is CC(=O)OC1CCC2(C)C3=C(CCC2C1)C1=CCC(C(C)/C=C/C(C)C(C)C)C1(C)CC3. The number of fused-ring (bicyclic) bond motifs is 4. The van der Waals surface area contributed by atoms with Crippen LogP contribution in [0.5, 0.6) is 0 Å². The van der Waals surface area contributed by atoms with Crippen molar-refractivity contribution < 1.29 is 9.53 Å². The molecule has 0 amide bonds. The molecule has 1 saturated carbocycles. The van der Waals surface area contributed by atoms with E-state index in [1.165, 1.54) is 38.5 Å². The van der Waals surface area contributed by atoms with E-state index in [0.717, 1.165) is 18.8 Å². The summed E-state index contributed by atoms with van der Waals surface area (Å²) in [7, 11) is 0. The molecule has 7 unspecified atom stereocenters. The summed E-state index contributed by atoms with van der Waals surface area (Å²) < 4.78 is 5.63. The summed E-state index contributed by atoms with van der Waals surface area (Å²) >= 11 is 0. The van der Waals surface area contributed by atoms with Gasteiger partial charge in [0, 0.05) is 6.92 Å². The van der Waals surface area contributed by atoms with Gasteiger partial charge in [0.05, 0.1) is 0 Å². The molecular weight excluding hydrogens is 392 g/mol. The van der Waals surface area contributed by atoms with Gasteiger partial charge >= 0.3 is 5.97 Å². The van der Waals surface area contributed by atoms with Gasteiger partial charge in [0.1, 0.15) is 6.10 Å². The van der Waals surface area contributed by atoms with Crippen molar-refractivity contribution >= 4 is 5.97 Å². The molecule has 1 fully saturated rings. The molecule has 0 aliphatic heterocycles. The molecule has 0 heterocycles. The van der Waals surface area contributed by atoms with Gasteiger partial charge in [-0.1, -0.05) is 65.3 Å². The number of rotatable bonds is 5. The van der Waals surface area contributed by atoms with Crippen molar-refractivity contribution in [1.29, 1.82) is 0 Å². The zero-order valence-corrected chi connectivity index (χ0v) is 21.7. The molecule has 0 aromatic carbocycles. The van der Waals surface area contributed by atoms with E-state index in [1.807, 2.05) is 0 Å². The van der Waals surface area contributed by atoms with Crippen LogP contribution in [0.4, 0.5) is 0 Å². The molecule has 4 aliphatic rings. The summed E-state index contributed by atoms with van der Waals surface area (Å²) in [5.74, 6) is 3.27. The normalized spacial score (nSPS) is 38.8. The first-order chi connectivity index (χ1) is 15.1. The summed E-state index contributed by atoms with van der Waals surface area (Å²) in [5, 5.41) is 0. The largest absolute Gasteiger partial charge is 0.463 e. The summed E-state index contributed by atoms with van der Waals surface area (Å²) in [6.07, 6.45) is 17.3. The fourth-order valence-corrected chi connectivity index (χ4v) is 7.70. The molecule has 0 bridgehead atoms. The number of allylic oxidation sites excluding steroid dienone is 6. The van der Waals surface area contributed by atoms with Crippen molar-refractivity contribution in [2.24, 2.45) is 40.4 Å². The zero-order chi connectivity index (χ0) is 23.3. The summed E-state index contributed by atoms with van der Waals surface area (Å²) in [4.78, 5) is 11.5. The quantitative estimate of drug-likeness (QED) is 0.320. The molecule has 0 aromatic rings. The van der Waals surface area contributed by atoms with E-state index in [-0.39, 0.29) is 12.1 Å². The lowest BCUT2D eigenvalue weighted by molar-refractivity contribution is -0.150. The lowest BCUT2D eigenvalue weighted by Crippen LogP contribution is -2.44. The molecule has 0 aromatic heterocycles. The topological polar surface area (TPSA) is 26.3 Å². The van der Waals surface area contributed by atoms with Gasteiger partial charge in [-0.25, -0.2) is 0 Å². The van der Waals surface area contributed by atoms with Crippen molar-refractivity contribution in [2.45, 2.75) is 106 Å². The number of ether oxygens (including phenoxy) is 1. The van der Waals surface area contributed by atoms with Crippen LogP contribution in [0.3, 0.4) is 0 Å². The third kappa shape index (κ3) is 4.05. The third-order valence-electron chi connectivity index (χ3n) is 10.2. The smallest absolute Gasteiger partial charge is 0.302 e. The molecule has 7 atom stereocenters. The fraction of sp³-hybridized carbons (Fsp3) is 0.767. The van der Waals surface area contributed by atoms with E-state index in [1.54, 1.807) is 23.6 Å². The van der Waals surface area contributed by atoms with E-state index >= 15 is 0 Å². The van der Waals surface area contributed by atoms with Crippen LogP contribution in [-0.4, -0.2) is 12.1 Å². The van der Waals surface area contributed by atoms with Gasteiger partial charge < -0.3 is 4.74 Å². The van der Waals surface area contributed by atoms with E-state index < -0.39 is 0 Å². The number of hydrogen-bond donors (Lipinski definition) is 0. The minimum Gasteiger partial charge on any atom is -0.463 e. The maximum Gasteiger partial charge on any atom is 0.302 e. The first kappa shape index (κ1) is 23.8. The lowest BCUT2D eigenvalue weighted by atomic mass is 9.51. The molecular formula is C30H46O2. The first-order valence-corrected chi connectivity index (χ1v) is 13.3. The minimum atomic E-state index is -0.115. The summed E-state index contributed by atoms with van der Waals surface area (Å²) in [5.41, 5.74) is 5.86. The number of hydrogen-bond acceptors (Lipinski definition) is 2. The summed E-state index contributed by atoms with van der Waals surface area (Å²) in [6, 6.07) is 0. The maximum absolute atomic E-state index is 11.5. The fourth-order valence-electron chi connectivity index (χ4n) is 7.70. The van der Waals surface area contributed by atoms with Crippen LogP contribution in [0.1, 0.15) is 99.8 Å². The van der Waals surface area contributed by atoms with Gasteiger partial charge in [0.25, 0.3) is 0 Å². The standard InChI is InChI=1S/C30H46O2/c1-19(2)20(3)8-9-21(4)26-12-13-27-25-11-10-23-18-24(32-22(5)31)14-16-29(23,6)28(25)15-17-30(26,27)7/h8-9,13,19-21,23-24,26H,10-12,14-18H2,1-7H3/b9-8+. The average Bonchev–Trinajstić information content (AvgIpc) is 3.08. The van der Waals surface area contributed by atoms with Crippen LogP contribution in [0.25, 0.3) is 0 Å². The van der Waals surface area contributed by atoms with Gasteiger partial charge in [-0.05, 0) is 103 Å². The maximum atomic E-state index is 11.5. The average molecular weight is 439 g/mol. The third-order valence-corrected chi connectivity index (χ3v) is 10.2. The lowest BCUT2D eigenvalue weighted by Gasteiger charge is -2.54. The molecule has 2 nitrogen and oxygen atoms in total. The Balaban J connectivity index is 1.54. The molecule has 0 radical (unpaired) electrons. The second-order valence-corrected chi connectivity index (χ2v) is 12.3. The Morgan fingerprint density at radius 1 is 1.06 bits per heavy atom. The van der Waals surface area contributed by atoms with Crippen molar-refractivity contribution in [3.05, 3.63) is 34.9 Å². The van der Waals surface area contributed by atoms with Gasteiger partial charge in [0.15, 0.2) is 0 Å². The van der Waals surface area contributed by atoms with Gasteiger partial charge in [-0.3, -0.25) is 4.79 Å². The van der Waals surface area contributed by atoms with Gasteiger partial charge in [-0.15, -0.1) is 0 Å². The van der Waals surface area contributed by atoms with Gasteiger partial charge in [0.2, 0.25) is 0 Å². The predicted molar refractivity (Wildman–Crippen MR) is 133 cm³/mol. The van der Waals surface area contributed by atoms with Crippen molar-refractivity contribution in [2.75, 3.05) is 0 Å². The second-order valence-electron chi connectivity index (χ2n) is 12.3. The summed E-state index contributed by atoms with van der Waals surface area (Å²) in [6.45, 7) is 16.1. The Kier molecular flexibility index (Phi) is 6.56.